The van der Waals surface area contributed by atoms with Gasteiger partial charge in [0.1, 0.15) is 5.82 Å². The van der Waals surface area contributed by atoms with Crippen molar-refractivity contribution in [2.24, 2.45) is 5.73 Å². The van der Waals surface area contributed by atoms with Crippen LogP contribution in [0.3, 0.4) is 0 Å². The van der Waals surface area contributed by atoms with Gasteiger partial charge in [-0.3, -0.25) is 9.00 Å². The Morgan fingerprint density at radius 3 is 3.00 bits per heavy atom. The van der Waals surface area contributed by atoms with Gasteiger partial charge in [-0.15, -0.1) is 0 Å². The molecule has 5 nitrogen and oxygen atoms in total. The molecule has 1 amide bonds. The predicted molar refractivity (Wildman–Crippen MR) is 64.8 cm³/mol. The van der Waals surface area contributed by atoms with Crippen molar-refractivity contribution in [1.29, 1.82) is 0 Å². The molecule has 0 aliphatic rings. The summed E-state index contributed by atoms with van der Waals surface area (Å²) in [5.74, 6) is 1.09. The Kier molecular flexibility index (Phi) is 4.91. The van der Waals surface area contributed by atoms with Gasteiger partial charge >= 0.3 is 0 Å². The van der Waals surface area contributed by atoms with Crippen LogP contribution in [0.2, 0.25) is 0 Å². The van der Waals surface area contributed by atoms with Crippen LogP contribution in [0.15, 0.2) is 18.3 Å². The zero-order valence-electron chi connectivity index (χ0n) is 9.10. The molecule has 0 saturated heterocycles. The van der Waals surface area contributed by atoms with Crippen molar-refractivity contribution >= 4 is 22.5 Å². The lowest BCUT2D eigenvalue weighted by Gasteiger charge is -2.07. The van der Waals surface area contributed by atoms with Crippen molar-refractivity contribution in [2.45, 2.75) is 6.92 Å². The second-order valence-corrected chi connectivity index (χ2v) is 4.99. The van der Waals surface area contributed by atoms with Gasteiger partial charge in [-0.2, -0.15) is 0 Å². The van der Waals surface area contributed by atoms with Gasteiger partial charge < -0.3 is 11.1 Å². The fourth-order valence-corrected chi connectivity index (χ4v) is 1.79. The number of hydrogen-bond donors (Lipinski definition) is 2. The highest BCUT2D eigenvalue weighted by atomic mass is 32.2. The molecule has 1 unspecified atom stereocenters. The van der Waals surface area contributed by atoms with Crippen LogP contribution < -0.4 is 11.1 Å². The van der Waals surface area contributed by atoms with E-state index in [0.717, 1.165) is 0 Å². The van der Waals surface area contributed by atoms with E-state index < -0.39 is 16.7 Å². The Labute approximate surface area is 96.9 Å². The molecule has 0 saturated carbocycles. The lowest BCUT2D eigenvalue weighted by atomic mass is 10.2. The number of rotatable bonds is 6. The first kappa shape index (κ1) is 12.6. The summed E-state index contributed by atoms with van der Waals surface area (Å²) >= 11 is 0. The molecule has 0 aromatic carbocycles. The maximum absolute atomic E-state index is 11.2. The molecule has 0 aliphatic carbocycles. The summed E-state index contributed by atoms with van der Waals surface area (Å²) in [6.07, 6.45) is 1.57. The van der Waals surface area contributed by atoms with E-state index in [-0.39, 0.29) is 0 Å². The van der Waals surface area contributed by atoms with E-state index in [2.05, 4.69) is 10.3 Å². The van der Waals surface area contributed by atoms with Crippen LogP contribution in [0.25, 0.3) is 0 Å². The topological polar surface area (TPSA) is 85.1 Å². The van der Waals surface area contributed by atoms with Crippen LogP contribution in [0, 0.1) is 0 Å². The smallest absolute Gasteiger partial charge is 0.252 e. The molecule has 88 valence electrons. The second-order valence-electron chi connectivity index (χ2n) is 3.12. The van der Waals surface area contributed by atoms with Gasteiger partial charge in [-0.05, 0) is 12.1 Å². The van der Waals surface area contributed by atoms with Gasteiger partial charge in [0.05, 0.1) is 5.56 Å². The quantitative estimate of drug-likeness (QED) is 0.753. The molecule has 1 atom stereocenters. The number of carbonyl (C=O) groups is 1. The van der Waals surface area contributed by atoms with Gasteiger partial charge in [-0.1, -0.05) is 6.92 Å². The van der Waals surface area contributed by atoms with Crippen molar-refractivity contribution in [3.63, 3.8) is 0 Å². The van der Waals surface area contributed by atoms with E-state index in [0.29, 0.717) is 29.4 Å². The minimum Gasteiger partial charge on any atom is -0.368 e. The van der Waals surface area contributed by atoms with Gasteiger partial charge in [0.25, 0.3) is 5.91 Å². The van der Waals surface area contributed by atoms with Crippen molar-refractivity contribution in [2.75, 3.05) is 23.4 Å². The number of nitrogens with one attached hydrogen (secondary N) is 1. The minimum absolute atomic E-state index is 0.352. The normalized spacial score (nSPS) is 12.1. The van der Waals surface area contributed by atoms with E-state index >= 15 is 0 Å². The molecule has 0 spiro atoms. The second kappa shape index (κ2) is 6.22. The number of aromatic nitrogens is 1. The number of pyridine rings is 1. The average molecular weight is 241 g/mol. The van der Waals surface area contributed by atoms with Crippen molar-refractivity contribution in [3.05, 3.63) is 23.9 Å². The van der Waals surface area contributed by atoms with Crippen molar-refractivity contribution in [1.82, 2.24) is 4.98 Å². The largest absolute Gasteiger partial charge is 0.368 e. The third-order valence-electron chi connectivity index (χ3n) is 2.02. The summed E-state index contributed by atoms with van der Waals surface area (Å²) in [5.41, 5.74) is 5.54. The highest BCUT2D eigenvalue weighted by Gasteiger charge is 2.07. The minimum atomic E-state index is -0.824. The lowest BCUT2D eigenvalue weighted by Crippen LogP contribution is -2.18. The zero-order chi connectivity index (χ0) is 12.0. The molecule has 0 aliphatic heterocycles. The monoisotopic (exact) mass is 241 g/mol. The van der Waals surface area contributed by atoms with Crippen LogP contribution in [-0.4, -0.2) is 33.2 Å². The molecule has 6 heteroatoms. The van der Waals surface area contributed by atoms with Crippen LogP contribution >= 0.6 is 0 Å². The molecular weight excluding hydrogens is 226 g/mol. The Hall–Kier alpha value is -1.43. The fraction of sp³-hybridized carbons (Fsp3) is 0.400. The number of carbonyl (C=O) groups excluding carboxylic acids is 1. The van der Waals surface area contributed by atoms with E-state index in [1.165, 1.54) is 0 Å². The third-order valence-corrected chi connectivity index (χ3v) is 3.32. The molecule has 0 fully saturated rings. The summed E-state index contributed by atoms with van der Waals surface area (Å²) in [6, 6.07) is 3.25. The molecular formula is C10H15N3O2S. The molecule has 16 heavy (non-hydrogen) atoms. The summed E-state index contributed by atoms with van der Waals surface area (Å²) in [7, 11) is -0.824. The summed E-state index contributed by atoms with van der Waals surface area (Å²) in [6.45, 7) is 2.38. The molecule has 1 rings (SSSR count). The number of primary amides is 1. The van der Waals surface area contributed by atoms with Gasteiger partial charge in [0, 0.05) is 35.0 Å². The predicted octanol–water partition coefficient (Wildman–Crippen LogP) is 0.361. The fourth-order valence-electron chi connectivity index (χ4n) is 1.17. The standard InChI is InChI=1S/C10H15N3O2S/c1-2-16(15)7-6-13-10-8(9(11)14)4-3-5-12-10/h3-5H,2,6-7H2,1H3,(H2,11,14)(H,12,13). The highest BCUT2D eigenvalue weighted by Crippen LogP contribution is 2.09. The van der Waals surface area contributed by atoms with Gasteiger partial charge in [0.2, 0.25) is 0 Å². The summed E-state index contributed by atoms with van der Waals surface area (Å²) in [5, 5.41) is 2.95. The van der Waals surface area contributed by atoms with Gasteiger partial charge in [-0.25, -0.2) is 4.98 Å². The maximum atomic E-state index is 11.2. The number of nitrogens with two attached hydrogens (primary N) is 1. The van der Waals surface area contributed by atoms with Crippen LogP contribution in [0.1, 0.15) is 17.3 Å². The zero-order valence-corrected chi connectivity index (χ0v) is 9.92. The molecule has 1 heterocycles. The Morgan fingerprint density at radius 1 is 1.62 bits per heavy atom. The SMILES string of the molecule is CCS(=O)CCNc1ncccc1C(N)=O. The Bertz CT molecular complexity index is 395. The van der Waals surface area contributed by atoms with Crippen LogP contribution in [0.4, 0.5) is 5.82 Å². The van der Waals surface area contributed by atoms with E-state index in [1.807, 2.05) is 6.92 Å². The average Bonchev–Trinajstić information content (AvgIpc) is 2.29. The van der Waals surface area contributed by atoms with Crippen LogP contribution in [-0.2, 0) is 10.8 Å². The van der Waals surface area contributed by atoms with E-state index in [4.69, 9.17) is 5.73 Å². The van der Waals surface area contributed by atoms with E-state index in [1.54, 1.807) is 18.3 Å². The third kappa shape index (κ3) is 3.62. The Morgan fingerprint density at radius 2 is 2.38 bits per heavy atom. The van der Waals surface area contributed by atoms with E-state index in [9.17, 15) is 9.00 Å². The van der Waals surface area contributed by atoms with Crippen molar-refractivity contribution in [3.8, 4) is 0 Å². The summed E-state index contributed by atoms with van der Waals surface area (Å²) in [4.78, 5) is 15.1. The lowest BCUT2D eigenvalue weighted by molar-refractivity contribution is 0.100. The van der Waals surface area contributed by atoms with Gasteiger partial charge in [0.15, 0.2) is 0 Å². The van der Waals surface area contributed by atoms with Crippen LogP contribution in [0.5, 0.6) is 0 Å². The first-order valence-corrected chi connectivity index (χ1v) is 6.47. The summed E-state index contributed by atoms with van der Waals surface area (Å²) < 4.78 is 11.2. The first-order valence-electron chi connectivity index (χ1n) is 4.98. The Balaban J connectivity index is 2.60. The molecule has 1 aromatic heterocycles. The van der Waals surface area contributed by atoms with Crippen molar-refractivity contribution < 1.29 is 9.00 Å². The highest BCUT2D eigenvalue weighted by molar-refractivity contribution is 7.84. The number of anilines is 1. The molecule has 3 N–H and O–H groups in total. The molecule has 1 aromatic rings. The number of nitrogens with zero attached hydrogens (tertiary/aromatic N) is 1. The molecule has 0 radical (unpaired) electrons. The number of hydrogen-bond acceptors (Lipinski definition) is 4. The maximum Gasteiger partial charge on any atom is 0.252 e. The first-order chi connectivity index (χ1) is 7.65. The molecule has 0 bridgehead atoms. The number of amides is 1.